The van der Waals surface area contributed by atoms with Crippen LogP contribution in [-0.4, -0.2) is 25.5 Å². The van der Waals surface area contributed by atoms with Gasteiger partial charge in [0, 0.05) is 24.8 Å². The molecule has 0 atom stereocenters. The van der Waals surface area contributed by atoms with Crippen molar-refractivity contribution in [3.05, 3.63) is 82.5 Å². The molecule has 2 aromatic carbocycles. The SMILES string of the molecule is Cn1nc(C(=O)Nc2cc(C(F)(F)F)ccc2-n2cccn2)c2ccccc2c1=O. The smallest absolute Gasteiger partial charge is 0.319 e. The third-order valence-electron chi connectivity index (χ3n) is 4.49. The maximum Gasteiger partial charge on any atom is 0.416 e. The summed E-state index contributed by atoms with van der Waals surface area (Å²) in [4.78, 5) is 25.2. The van der Waals surface area contributed by atoms with E-state index in [0.29, 0.717) is 5.39 Å². The van der Waals surface area contributed by atoms with Crippen LogP contribution in [0.15, 0.2) is 65.7 Å². The van der Waals surface area contributed by atoms with Gasteiger partial charge in [-0.05, 0) is 30.3 Å². The third kappa shape index (κ3) is 3.43. The molecular formula is C20H14F3N5O2. The summed E-state index contributed by atoms with van der Waals surface area (Å²) in [5.41, 5.74) is -1.25. The van der Waals surface area contributed by atoms with Gasteiger partial charge >= 0.3 is 6.18 Å². The van der Waals surface area contributed by atoms with Crippen LogP contribution in [0.3, 0.4) is 0 Å². The molecule has 0 saturated heterocycles. The Morgan fingerprint density at radius 1 is 1.07 bits per heavy atom. The molecule has 0 bridgehead atoms. The van der Waals surface area contributed by atoms with Gasteiger partial charge in [-0.2, -0.15) is 23.4 Å². The van der Waals surface area contributed by atoms with Crippen LogP contribution in [0.25, 0.3) is 16.5 Å². The maximum atomic E-state index is 13.2. The zero-order valence-electron chi connectivity index (χ0n) is 15.5. The van der Waals surface area contributed by atoms with Crippen LogP contribution < -0.4 is 10.9 Å². The number of aromatic nitrogens is 4. The summed E-state index contributed by atoms with van der Waals surface area (Å²) in [5.74, 6) is -0.755. The minimum Gasteiger partial charge on any atom is -0.319 e. The standard InChI is InChI=1S/C20H14F3N5O2/c1-27-19(30)14-6-3-2-5-13(14)17(26-27)18(29)25-15-11-12(20(21,22)23)7-8-16(15)28-10-4-9-24-28/h2-11H,1H3,(H,25,29). The minimum atomic E-state index is -4.59. The molecule has 152 valence electrons. The van der Waals surface area contributed by atoms with Gasteiger partial charge in [-0.25, -0.2) is 9.36 Å². The van der Waals surface area contributed by atoms with Gasteiger partial charge in [0.15, 0.2) is 5.69 Å². The van der Waals surface area contributed by atoms with E-state index in [1.807, 2.05) is 0 Å². The lowest BCUT2D eigenvalue weighted by molar-refractivity contribution is -0.137. The number of nitrogens with zero attached hydrogens (tertiary/aromatic N) is 4. The van der Waals surface area contributed by atoms with Crippen LogP contribution in [0.2, 0.25) is 0 Å². The number of benzene rings is 2. The fourth-order valence-electron chi connectivity index (χ4n) is 3.07. The molecule has 4 rings (SSSR count). The summed E-state index contributed by atoms with van der Waals surface area (Å²) in [6, 6.07) is 11.0. The number of amides is 1. The summed E-state index contributed by atoms with van der Waals surface area (Å²) in [6.45, 7) is 0. The summed E-state index contributed by atoms with van der Waals surface area (Å²) in [7, 11) is 1.39. The van der Waals surface area contributed by atoms with E-state index in [1.165, 1.54) is 30.2 Å². The lowest BCUT2D eigenvalue weighted by atomic mass is 10.1. The van der Waals surface area contributed by atoms with Crippen LogP contribution in [0.4, 0.5) is 18.9 Å². The Labute approximate surface area is 167 Å². The van der Waals surface area contributed by atoms with Gasteiger partial charge < -0.3 is 5.32 Å². The van der Waals surface area contributed by atoms with Gasteiger partial charge in [0.1, 0.15) is 0 Å². The van der Waals surface area contributed by atoms with Crippen molar-refractivity contribution in [2.45, 2.75) is 6.18 Å². The molecule has 30 heavy (non-hydrogen) atoms. The van der Waals surface area contributed by atoms with Crippen molar-refractivity contribution in [3.63, 3.8) is 0 Å². The molecule has 0 unspecified atom stereocenters. The van der Waals surface area contributed by atoms with Crippen molar-refractivity contribution >= 4 is 22.4 Å². The van der Waals surface area contributed by atoms with Crippen molar-refractivity contribution in [2.75, 3.05) is 5.32 Å². The molecule has 7 nitrogen and oxygen atoms in total. The number of hydrogen-bond donors (Lipinski definition) is 1. The van der Waals surface area contributed by atoms with Crippen LogP contribution in [-0.2, 0) is 13.2 Å². The summed E-state index contributed by atoms with van der Waals surface area (Å²) < 4.78 is 42.0. The molecular weight excluding hydrogens is 399 g/mol. The lowest BCUT2D eigenvalue weighted by Gasteiger charge is -2.15. The van der Waals surface area contributed by atoms with Gasteiger partial charge in [-0.15, -0.1) is 0 Å². The van der Waals surface area contributed by atoms with Gasteiger partial charge in [0.25, 0.3) is 11.5 Å². The Bertz CT molecular complexity index is 1310. The van der Waals surface area contributed by atoms with Crippen LogP contribution in [0.1, 0.15) is 16.1 Å². The molecule has 1 N–H and O–H groups in total. The van der Waals surface area contributed by atoms with Crippen molar-refractivity contribution < 1.29 is 18.0 Å². The normalized spacial score (nSPS) is 11.6. The van der Waals surface area contributed by atoms with E-state index in [4.69, 9.17) is 0 Å². The molecule has 4 aromatic rings. The third-order valence-corrected chi connectivity index (χ3v) is 4.49. The number of fused-ring (bicyclic) bond motifs is 1. The molecule has 0 radical (unpaired) electrons. The average Bonchev–Trinajstić information content (AvgIpc) is 3.24. The van der Waals surface area contributed by atoms with Crippen LogP contribution in [0, 0.1) is 0 Å². The second-order valence-electron chi connectivity index (χ2n) is 6.46. The predicted molar refractivity (Wildman–Crippen MR) is 104 cm³/mol. The number of halogens is 3. The molecule has 10 heteroatoms. The first-order valence-corrected chi connectivity index (χ1v) is 8.74. The Kier molecular flexibility index (Phi) is 4.61. The summed E-state index contributed by atoms with van der Waals surface area (Å²) >= 11 is 0. The molecule has 0 fully saturated rings. The van der Waals surface area contributed by atoms with Crippen molar-refractivity contribution in [1.82, 2.24) is 19.6 Å². The lowest BCUT2D eigenvalue weighted by Crippen LogP contribution is -2.25. The fraction of sp³-hybridized carbons (Fsp3) is 0.100. The second-order valence-corrected chi connectivity index (χ2v) is 6.46. The predicted octanol–water partition coefficient (Wildman–Crippen LogP) is 3.39. The number of carbonyl (C=O) groups excluding carboxylic acids is 1. The second kappa shape index (κ2) is 7.14. The van der Waals surface area contributed by atoms with Crippen molar-refractivity contribution in [3.8, 4) is 5.69 Å². The number of alkyl halides is 3. The summed E-state index contributed by atoms with van der Waals surface area (Å²) in [6.07, 6.45) is -1.59. The zero-order chi connectivity index (χ0) is 21.5. The van der Waals surface area contributed by atoms with Gasteiger partial charge in [-0.1, -0.05) is 18.2 Å². The fourth-order valence-corrected chi connectivity index (χ4v) is 3.07. The molecule has 0 saturated carbocycles. The zero-order valence-corrected chi connectivity index (χ0v) is 15.5. The highest BCUT2D eigenvalue weighted by Gasteiger charge is 2.31. The van der Waals surface area contributed by atoms with E-state index in [9.17, 15) is 22.8 Å². The van der Waals surface area contributed by atoms with Crippen LogP contribution in [0.5, 0.6) is 0 Å². The van der Waals surface area contributed by atoms with E-state index in [2.05, 4.69) is 15.5 Å². The molecule has 2 heterocycles. The molecule has 0 spiro atoms. The molecule has 0 aliphatic rings. The number of hydrogen-bond acceptors (Lipinski definition) is 4. The first kappa shape index (κ1) is 19.4. The largest absolute Gasteiger partial charge is 0.416 e. The number of rotatable bonds is 3. The van der Waals surface area contributed by atoms with Crippen molar-refractivity contribution in [1.29, 1.82) is 0 Å². The molecule has 1 amide bonds. The first-order chi connectivity index (χ1) is 14.3. The quantitative estimate of drug-likeness (QED) is 0.558. The number of anilines is 1. The Morgan fingerprint density at radius 3 is 2.47 bits per heavy atom. The maximum absolute atomic E-state index is 13.2. The monoisotopic (exact) mass is 413 g/mol. The minimum absolute atomic E-state index is 0.0865. The highest BCUT2D eigenvalue weighted by Crippen LogP contribution is 2.33. The molecule has 0 aliphatic carbocycles. The molecule has 2 aromatic heterocycles. The number of carbonyl (C=O) groups is 1. The average molecular weight is 413 g/mol. The summed E-state index contributed by atoms with van der Waals surface area (Å²) in [5, 5.41) is 11.1. The highest BCUT2D eigenvalue weighted by atomic mass is 19.4. The first-order valence-electron chi connectivity index (χ1n) is 8.74. The number of aryl methyl sites for hydroxylation is 1. The van der Waals surface area contributed by atoms with E-state index < -0.39 is 23.2 Å². The van der Waals surface area contributed by atoms with E-state index in [-0.39, 0.29) is 22.5 Å². The Balaban J connectivity index is 1.83. The highest BCUT2D eigenvalue weighted by molar-refractivity contribution is 6.11. The molecule has 0 aliphatic heterocycles. The van der Waals surface area contributed by atoms with Gasteiger partial charge in [0.05, 0.1) is 22.3 Å². The van der Waals surface area contributed by atoms with Gasteiger partial charge in [-0.3, -0.25) is 9.59 Å². The van der Waals surface area contributed by atoms with Crippen LogP contribution >= 0.6 is 0 Å². The van der Waals surface area contributed by atoms with E-state index in [0.717, 1.165) is 16.8 Å². The topological polar surface area (TPSA) is 81.8 Å². The Hall–Kier alpha value is -3.95. The van der Waals surface area contributed by atoms with E-state index in [1.54, 1.807) is 30.3 Å². The Morgan fingerprint density at radius 2 is 1.80 bits per heavy atom. The van der Waals surface area contributed by atoms with Gasteiger partial charge in [0.2, 0.25) is 0 Å². The number of nitrogens with one attached hydrogen (secondary N) is 1. The van der Waals surface area contributed by atoms with Crippen molar-refractivity contribution in [2.24, 2.45) is 7.05 Å². The van der Waals surface area contributed by atoms with E-state index >= 15 is 0 Å².